The average Bonchev–Trinajstić information content (AvgIpc) is 3.25. The van der Waals surface area contributed by atoms with Gasteiger partial charge in [-0.25, -0.2) is 4.74 Å². The molecule has 3 nitrogen and oxygen atoms in total. The smallest absolute Gasteiger partial charge is 0.173 e. The van der Waals surface area contributed by atoms with Crippen molar-refractivity contribution >= 4 is 66.8 Å². The number of hydrogen-bond donors (Lipinski definition) is 0. The first kappa shape index (κ1) is 25.9. The van der Waals surface area contributed by atoms with E-state index in [1.807, 2.05) is 24.3 Å². The van der Waals surface area contributed by atoms with Crippen LogP contribution in [0.1, 0.15) is 27.7 Å². The Bertz CT molecular complexity index is 1890. The number of para-hydroxylation sites is 1. The molecule has 0 aliphatic rings. The maximum absolute atomic E-state index is 7.19. The molecule has 6 aromatic rings. The van der Waals surface area contributed by atoms with Crippen LogP contribution in [0.25, 0.3) is 32.6 Å². The molecule has 0 N–H and O–H groups in total. The Balaban J connectivity index is 1.71. The van der Waals surface area contributed by atoms with Crippen molar-refractivity contribution in [3.63, 3.8) is 0 Å². The standard InChI is InChI=1S/C34H32BrN2OP/c1-5-37-32-19-9-8-17-29(32)30-23-27(20-21-33(30)37)39(34(2,3)4,38-26-15-11-14-25(35)22-26)36-31-18-10-13-24-12-6-7-16-28(24)31/h6-23H,5H2,1-4H3/t39-/m1/s1. The lowest BCUT2D eigenvalue weighted by Gasteiger charge is -2.37. The van der Waals surface area contributed by atoms with Crippen LogP contribution in [0.4, 0.5) is 5.69 Å². The minimum Gasteiger partial charge on any atom is -0.455 e. The van der Waals surface area contributed by atoms with E-state index in [1.165, 1.54) is 27.2 Å². The number of aryl methyl sites for hydroxylation is 1. The van der Waals surface area contributed by atoms with Gasteiger partial charge in [0.15, 0.2) is 7.28 Å². The first-order valence-electron chi connectivity index (χ1n) is 13.4. The molecular weight excluding hydrogens is 563 g/mol. The maximum atomic E-state index is 7.19. The van der Waals surface area contributed by atoms with Crippen molar-refractivity contribution in [3.05, 3.63) is 114 Å². The predicted octanol–water partition coefficient (Wildman–Crippen LogP) is 10.7. The molecule has 39 heavy (non-hydrogen) atoms. The van der Waals surface area contributed by atoms with Crippen LogP contribution in [0, 0.1) is 0 Å². The van der Waals surface area contributed by atoms with Gasteiger partial charge in [0, 0.05) is 48.7 Å². The van der Waals surface area contributed by atoms with Gasteiger partial charge in [0.25, 0.3) is 0 Å². The molecule has 0 spiro atoms. The summed E-state index contributed by atoms with van der Waals surface area (Å²) in [7, 11) is -2.69. The van der Waals surface area contributed by atoms with E-state index in [1.54, 1.807) is 0 Å². The lowest BCUT2D eigenvalue weighted by molar-refractivity contribution is 0.571. The molecule has 0 saturated carbocycles. The van der Waals surface area contributed by atoms with Gasteiger partial charge in [0.1, 0.15) is 5.75 Å². The summed E-state index contributed by atoms with van der Waals surface area (Å²) in [6, 6.07) is 38.5. The van der Waals surface area contributed by atoms with Crippen LogP contribution < -0.4 is 9.83 Å². The van der Waals surface area contributed by atoms with Crippen LogP contribution in [0.5, 0.6) is 5.75 Å². The topological polar surface area (TPSA) is 26.5 Å². The Kier molecular flexibility index (Phi) is 6.65. The van der Waals surface area contributed by atoms with Crippen LogP contribution in [-0.2, 0) is 6.54 Å². The number of rotatable bonds is 5. The second-order valence-corrected chi connectivity index (χ2v) is 15.2. The van der Waals surface area contributed by atoms with Crippen molar-refractivity contribution in [3.8, 4) is 5.75 Å². The number of aromatic nitrogens is 1. The van der Waals surface area contributed by atoms with Gasteiger partial charge < -0.3 is 9.09 Å². The molecule has 1 heterocycles. The largest absolute Gasteiger partial charge is 0.455 e. The van der Waals surface area contributed by atoms with Gasteiger partial charge in [-0.3, -0.25) is 0 Å². The van der Waals surface area contributed by atoms with Crippen LogP contribution >= 0.6 is 23.2 Å². The van der Waals surface area contributed by atoms with E-state index in [-0.39, 0.29) is 5.16 Å². The highest BCUT2D eigenvalue weighted by Crippen LogP contribution is 2.62. The number of halogens is 1. The highest BCUT2D eigenvalue weighted by Gasteiger charge is 2.39. The van der Waals surface area contributed by atoms with Gasteiger partial charge in [-0.05, 0) is 60.8 Å². The van der Waals surface area contributed by atoms with E-state index in [4.69, 9.17) is 9.27 Å². The van der Waals surface area contributed by atoms with Crippen molar-refractivity contribution in [2.75, 3.05) is 0 Å². The molecule has 0 saturated heterocycles. The quantitative estimate of drug-likeness (QED) is 0.182. The van der Waals surface area contributed by atoms with Crippen molar-refractivity contribution in [2.24, 2.45) is 4.74 Å². The molecule has 0 unspecified atom stereocenters. The molecule has 196 valence electrons. The third kappa shape index (κ3) is 4.50. The molecule has 5 aromatic carbocycles. The summed E-state index contributed by atoms with van der Waals surface area (Å²) in [6.45, 7) is 9.89. The lowest BCUT2D eigenvalue weighted by Crippen LogP contribution is -2.27. The molecular formula is C34H32BrN2OP. The van der Waals surface area contributed by atoms with E-state index in [2.05, 4.69) is 133 Å². The van der Waals surface area contributed by atoms with Crippen LogP contribution in [0.15, 0.2) is 118 Å². The molecule has 0 radical (unpaired) electrons. The van der Waals surface area contributed by atoms with Gasteiger partial charge in [-0.1, -0.05) is 97.4 Å². The van der Waals surface area contributed by atoms with Crippen LogP contribution in [0.2, 0.25) is 0 Å². The van der Waals surface area contributed by atoms with Gasteiger partial charge in [-0.15, -0.1) is 0 Å². The minimum absolute atomic E-state index is 0.289. The summed E-state index contributed by atoms with van der Waals surface area (Å²) in [5.41, 5.74) is 3.45. The van der Waals surface area contributed by atoms with Crippen molar-refractivity contribution in [2.45, 2.75) is 39.4 Å². The highest BCUT2D eigenvalue weighted by molar-refractivity contribution is 9.10. The molecule has 0 aliphatic carbocycles. The Hall–Kier alpha value is -3.33. The third-order valence-electron chi connectivity index (χ3n) is 7.38. The number of benzene rings is 5. The third-order valence-corrected chi connectivity index (χ3v) is 11.6. The molecule has 0 fully saturated rings. The fraction of sp³-hybridized carbons (Fsp3) is 0.176. The summed E-state index contributed by atoms with van der Waals surface area (Å²) in [6.07, 6.45) is 0. The molecule has 6 rings (SSSR count). The van der Waals surface area contributed by atoms with Gasteiger partial charge in [0.05, 0.1) is 5.69 Å². The van der Waals surface area contributed by atoms with Crippen molar-refractivity contribution < 1.29 is 4.52 Å². The molecule has 0 aliphatic heterocycles. The first-order chi connectivity index (χ1) is 18.8. The predicted molar refractivity (Wildman–Crippen MR) is 172 cm³/mol. The van der Waals surface area contributed by atoms with Crippen molar-refractivity contribution in [1.82, 2.24) is 4.57 Å². The van der Waals surface area contributed by atoms with Gasteiger partial charge >= 0.3 is 0 Å². The van der Waals surface area contributed by atoms with E-state index in [0.29, 0.717) is 0 Å². The fourth-order valence-corrected chi connectivity index (χ4v) is 8.97. The summed E-state index contributed by atoms with van der Waals surface area (Å²) in [5, 5.41) is 5.66. The second-order valence-electron chi connectivity index (χ2n) is 10.9. The Morgan fingerprint density at radius 2 is 1.44 bits per heavy atom. The Morgan fingerprint density at radius 3 is 2.21 bits per heavy atom. The number of hydrogen-bond acceptors (Lipinski definition) is 2. The summed E-state index contributed by atoms with van der Waals surface area (Å²) in [4.78, 5) is 0. The average molecular weight is 596 g/mol. The molecule has 1 aromatic heterocycles. The summed E-state index contributed by atoms with van der Waals surface area (Å²) >= 11 is 3.65. The zero-order valence-corrected chi connectivity index (χ0v) is 25.2. The highest BCUT2D eigenvalue weighted by atomic mass is 79.9. The SMILES string of the molecule is CCn1c2ccccc2c2cc([P@@](=Nc3cccc4ccccc34)(Oc3cccc(Br)c3)C(C)(C)C)ccc21. The Morgan fingerprint density at radius 1 is 0.744 bits per heavy atom. The fourth-order valence-electron chi connectivity index (χ4n) is 5.50. The monoisotopic (exact) mass is 594 g/mol. The number of fused-ring (bicyclic) bond motifs is 4. The molecule has 0 bridgehead atoms. The zero-order valence-electron chi connectivity index (χ0n) is 22.7. The first-order valence-corrected chi connectivity index (χ1v) is 15.8. The van der Waals surface area contributed by atoms with E-state index < -0.39 is 7.28 Å². The summed E-state index contributed by atoms with van der Waals surface area (Å²) in [5.74, 6) is 0.813. The normalized spacial score (nSPS) is 13.6. The maximum Gasteiger partial charge on any atom is 0.173 e. The van der Waals surface area contributed by atoms with E-state index >= 15 is 0 Å². The minimum atomic E-state index is -2.69. The van der Waals surface area contributed by atoms with E-state index in [0.717, 1.165) is 33.1 Å². The molecule has 5 heteroatoms. The van der Waals surface area contributed by atoms with Crippen molar-refractivity contribution in [1.29, 1.82) is 0 Å². The zero-order chi connectivity index (χ0) is 27.2. The van der Waals surface area contributed by atoms with Gasteiger partial charge in [-0.2, -0.15) is 0 Å². The second kappa shape index (κ2) is 10.0. The number of nitrogens with zero attached hydrogens (tertiary/aromatic N) is 2. The van der Waals surface area contributed by atoms with Gasteiger partial charge in [0.2, 0.25) is 0 Å². The summed E-state index contributed by atoms with van der Waals surface area (Å²) < 4.78 is 16.2. The molecule has 0 amide bonds. The van der Waals surface area contributed by atoms with E-state index in [9.17, 15) is 0 Å². The van der Waals surface area contributed by atoms with Crippen LogP contribution in [-0.4, -0.2) is 9.72 Å². The van der Waals surface area contributed by atoms with Crippen LogP contribution in [0.3, 0.4) is 0 Å². The molecule has 1 atom stereocenters. The Labute approximate surface area is 238 Å². The lowest BCUT2D eigenvalue weighted by atomic mass is 10.1.